The van der Waals surface area contributed by atoms with Crippen LogP contribution in [0.5, 0.6) is 0 Å². The van der Waals surface area contributed by atoms with Gasteiger partial charge in [-0.25, -0.2) is 26.7 Å². The van der Waals surface area contributed by atoms with Crippen LogP contribution < -0.4 is 0 Å². The molecule has 2 atom stereocenters. The monoisotopic (exact) mass is 272 g/mol. The highest BCUT2D eigenvalue weighted by molar-refractivity contribution is 5.94. The number of allylic oxidation sites excluding steroid dienone is 2. The first kappa shape index (κ1) is 14.6. The Morgan fingerprint density at radius 2 is 1.72 bits per heavy atom. The van der Waals surface area contributed by atoms with E-state index >= 15 is 0 Å². The SMILES string of the molecule is O=C(OCCCO)C1=C(F)C(F)C(F)C(F)=C1F. The Labute approximate surface area is 98.5 Å². The van der Waals surface area contributed by atoms with E-state index in [2.05, 4.69) is 4.74 Å². The van der Waals surface area contributed by atoms with E-state index in [4.69, 9.17) is 5.11 Å². The van der Waals surface area contributed by atoms with Gasteiger partial charge in [0.25, 0.3) is 0 Å². The topological polar surface area (TPSA) is 46.5 Å². The predicted octanol–water partition coefficient (Wildman–Crippen LogP) is 1.98. The second kappa shape index (κ2) is 5.94. The van der Waals surface area contributed by atoms with Gasteiger partial charge in [-0.1, -0.05) is 0 Å². The fraction of sp³-hybridized carbons (Fsp3) is 0.500. The highest BCUT2D eigenvalue weighted by Gasteiger charge is 2.43. The minimum Gasteiger partial charge on any atom is -0.462 e. The van der Waals surface area contributed by atoms with Crippen molar-refractivity contribution in [3.8, 4) is 0 Å². The molecule has 1 N–H and O–H groups in total. The molecule has 2 unspecified atom stereocenters. The molecule has 0 radical (unpaired) electrons. The van der Waals surface area contributed by atoms with Gasteiger partial charge in [-0.3, -0.25) is 0 Å². The molecule has 0 saturated carbocycles. The number of aliphatic hydroxyl groups excluding tert-OH is 1. The number of esters is 1. The molecule has 18 heavy (non-hydrogen) atoms. The number of aliphatic hydroxyl groups is 1. The van der Waals surface area contributed by atoms with Crippen molar-refractivity contribution in [2.45, 2.75) is 18.8 Å². The summed E-state index contributed by atoms with van der Waals surface area (Å²) in [6.45, 7) is -0.739. The van der Waals surface area contributed by atoms with Crippen molar-refractivity contribution in [1.82, 2.24) is 0 Å². The van der Waals surface area contributed by atoms with Crippen molar-refractivity contribution in [2.75, 3.05) is 13.2 Å². The maximum absolute atomic E-state index is 13.1. The van der Waals surface area contributed by atoms with Crippen LogP contribution in [-0.2, 0) is 9.53 Å². The Kier molecular flexibility index (Phi) is 4.83. The lowest BCUT2D eigenvalue weighted by Crippen LogP contribution is -2.28. The van der Waals surface area contributed by atoms with Gasteiger partial charge >= 0.3 is 5.97 Å². The van der Waals surface area contributed by atoms with E-state index in [0.717, 1.165) is 0 Å². The summed E-state index contributed by atoms with van der Waals surface area (Å²) in [5, 5.41) is 8.38. The van der Waals surface area contributed by atoms with Gasteiger partial charge in [0.1, 0.15) is 5.57 Å². The number of alkyl halides is 2. The summed E-state index contributed by atoms with van der Waals surface area (Å²) < 4.78 is 69.0. The lowest BCUT2D eigenvalue weighted by Gasteiger charge is -2.19. The van der Waals surface area contributed by atoms with Crippen molar-refractivity contribution in [3.63, 3.8) is 0 Å². The van der Waals surface area contributed by atoms with Crippen LogP contribution in [-0.4, -0.2) is 36.6 Å². The Balaban J connectivity index is 2.95. The van der Waals surface area contributed by atoms with Crippen LogP contribution in [0.15, 0.2) is 23.1 Å². The van der Waals surface area contributed by atoms with E-state index < -0.39 is 48.0 Å². The van der Waals surface area contributed by atoms with Gasteiger partial charge in [0.05, 0.1) is 6.61 Å². The standard InChI is InChI=1S/C10H9F5O3/c11-5-4(10(17)18-3-1-2-16)6(12)8(14)9(15)7(5)13/h7,9,16H,1-3H2. The average molecular weight is 272 g/mol. The van der Waals surface area contributed by atoms with Crippen LogP contribution in [0.25, 0.3) is 0 Å². The predicted molar refractivity (Wildman–Crippen MR) is 49.8 cm³/mol. The molecule has 0 aliphatic heterocycles. The molecule has 1 aliphatic carbocycles. The molecule has 0 aromatic carbocycles. The summed E-state index contributed by atoms with van der Waals surface area (Å²) in [7, 11) is 0. The first-order chi connectivity index (χ1) is 8.41. The van der Waals surface area contributed by atoms with E-state index in [-0.39, 0.29) is 13.0 Å². The van der Waals surface area contributed by atoms with Gasteiger partial charge in [0.15, 0.2) is 29.8 Å². The molecule has 0 saturated heterocycles. The van der Waals surface area contributed by atoms with Crippen LogP contribution in [0.2, 0.25) is 0 Å². The smallest absolute Gasteiger partial charge is 0.344 e. The number of ether oxygens (including phenoxy) is 1. The quantitative estimate of drug-likeness (QED) is 0.483. The number of hydrogen-bond donors (Lipinski definition) is 1. The Hall–Kier alpha value is -1.44. The Morgan fingerprint density at radius 3 is 2.28 bits per heavy atom. The molecule has 1 rings (SSSR count). The molecule has 0 aromatic rings. The molecular weight excluding hydrogens is 263 g/mol. The van der Waals surface area contributed by atoms with Gasteiger partial charge < -0.3 is 9.84 Å². The fourth-order valence-corrected chi connectivity index (χ4v) is 1.23. The zero-order chi connectivity index (χ0) is 13.9. The Bertz CT molecular complexity index is 404. The maximum atomic E-state index is 13.1. The van der Waals surface area contributed by atoms with Gasteiger partial charge in [0, 0.05) is 13.0 Å². The van der Waals surface area contributed by atoms with Gasteiger partial charge in [-0.15, -0.1) is 0 Å². The third kappa shape index (κ3) is 2.69. The van der Waals surface area contributed by atoms with Gasteiger partial charge in [-0.05, 0) is 0 Å². The summed E-state index contributed by atoms with van der Waals surface area (Å²) in [5.41, 5.74) is -1.59. The van der Waals surface area contributed by atoms with Crippen LogP contribution in [0.3, 0.4) is 0 Å². The molecular formula is C10H9F5O3. The van der Waals surface area contributed by atoms with Crippen LogP contribution in [0.4, 0.5) is 22.0 Å². The van der Waals surface area contributed by atoms with E-state index in [9.17, 15) is 26.7 Å². The summed E-state index contributed by atoms with van der Waals surface area (Å²) in [5.74, 6) is -7.99. The van der Waals surface area contributed by atoms with Crippen molar-refractivity contribution in [1.29, 1.82) is 0 Å². The van der Waals surface area contributed by atoms with Gasteiger partial charge in [-0.2, -0.15) is 0 Å². The van der Waals surface area contributed by atoms with Crippen molar-refractivity contribution in [2.24, 2.45) is 0 Å². The van der Waals surface area contributed by atoms with Crippen molar-refractivity contribution in [3.05, 3.63) is 23.1 Å². The number of carbonyl (C=O) groups excluding carboxylic acids is 1. The first-order valence-corrected chi connectivity index (χ1v) is 4.93. The number of hydrogen-bond acceptors (Lipinski definition) is 3. The zero-order valence-corrected chi connectivity index (χ0v) is 8.93. The van der Waals surface area contributed by atoms with Crippen molar-refractivity contribution < 1.29 is 36.6 Å². The van der Waals surface area contributed by atoms with E-state index in [1.807, 2.05) is 0 Å². The minimum absolute atomic E-state index is 0.0146. The molecule has 0 heterocycles. The van der Waals surface area contributed by atoms with Crippen LogP contribution >= 0.6 is 0 Å². The first-order valence-electron chi connectivity index (χ1n) is 4.93. The zero-order valence-electron chi connectivity index (χ0n) is 8.93. The summed E-state index contributed by atoms with van der Waals surface area (Å²) in [6.07, 6.45) is -6.21. The highest BCUT2D eigenvalue weighted by Crippen LogP contribution is 2.37. The van der Waals surface area contributed by atoms with Crippen molar-refractivity contribution >= 4 is 5.97 Å². The highest BCUT2D eigenvalue weighted by atomic mass is 19.2. The summed E-state index contributed by atoms with van der Waals surface area (Å²) in [6, 6.07) is 0. The molecule has 0 fully saturated rings. The lowest BCUT2D eigenvalue weighted by molar-refractivity contribution is -0.139. The maximum Gasteiger partial charge on any atom is 0.344 e. The largest absolute Gasteiger partial charge is 0.462 e. The Morgan fingerprint density at radius 1 is 1.17 bits per heavy atom. The second-order valence-corrected chi connectivity index (χ2v) is 3.40. The summed E-state index contributed by atoms with van der Waals surface area (Å²) in [4.78, 5) is 11.2. The summed E-state index contributed by atoms with van der Waals surface area (Å²) >= 11 is 0. The molecule has 1 aliphatic rings. The molecule has 3 nitrogen and oxygen atoms in total. The second-order valence-electron chi connectivity index (χ2n) is 3.40. The molecule has 8 heteroatoms. The van der Waals surface area contributed by atoms with Crippen LogP contribution in [0.1, 0.15) is 6.42 Å². The number of carbonyl (C=O) groups is 1. The lowest BCUT2D eigenvalue weighted by atomic mass is 10.0. The number of rotatable bonds is 4. The van der Waals surface area contributed by atoms with E-state index in [0.29, 0.717) is 0 Å². The molecule has 0 amide bonds. The number of halogens is 5. The third-order valence-corrected chi connectivity index (χ3v) is 2.15. The third-order valence-electron chi connectivity index (χ3n) is 2.15. The average Bonchev–Trinajstić information content (AvgIpc) is 2.34. The van der Waals surface area contributed by atoms with Crippen LogP contribution in [0, 0.1) is 0 Å². The molecule has 102 valence electrons. The van der Waals surface area contributed by atoms with Gasteiger partial charge in [0.2, 0.25) is 0 Å². The van der Waals surface area contributed by atoms with E-state index in [1.54, 1.807) is 0 Å². The normalized spacial score (nSPS) is 24.6. The molecule has 0 aromatic heterocycles. The fourth-order valence-electron chi connectivity index (χ4n) is 1.23. The minimum atomic E-state index is -3.11. The van der Waals surface area contributed by atoms with E-state index in [1.165, 1.54) is 0 Å². The molecule has 0 bridgehead atoms. The molecule has 0 spiro atoms.